The van der Waals surface area contributed by atoms with Crippen molar-refractivity contribution in [1.29, 1.82) is 0 Å². The third-order valence-corrected chi connectivity index (χ3v) is 5.80. The maximum Gasteiger partial charge on any atom is 0.336 e. The van der Waals surface area contributed by atoms with Crippen molar-refractivity contribution in [3.05, 3.63) is 105 Å². The number of halogens is 2. The summed E-state index contributed by atoms with van der Waals surface area (Å²) in [7, 11) is 0. The number of aromatic carboxylic acids is 1. The highest BCUT2D eigenvalue weighted by Gasteiger charge is 2.14. The second-order valence-corrected chi connectivity index (χ2v) is 8.53. The van der Waals surface area contributed by atoms with Crippen LogP contribution in [0.15, 0.2) is 72.8 Å². The number of hydrogen-bond acceptors (Lipinski definition) is 4. The number of nitrogens with zero attached hydrogens (tertiary/aromatic N) is 1. The summed E-state index contributed by atoms with van der Waals surface area (Å²) in [6.07, 6.45) is -0.0146. The van der Waals surface area contributed by atoms with E-state index in [1.54, 1.807) is 18.2 Å². The molecule has 0 aliphatic rings. The van der Waals surface area contributed by atoms with Crippen molar-refractivity contribution in [2.75, 3.05) is 0 Å². The number of carboxylic acid groups (broad SMARTS) is 1. The van der Waals surface area contributed by atoms with Crippen LogP contribution >= 0.6 is 23.2 Å². The first-order valence-corrected chi connectivity index (χ1v) is 11.1. The Morgan fingerprint density at radius 2 is 1.73 bits per heavy atom. The highest BCUT2D eigenvalue weighted by molar-refractivity contribution is 6.31. The van der Waals surface area contributed by atoms with Gasteiger partial charge in [0.1, 0.15) is 12.4 Å². The maximum atomic E-state index is 11.5. The molecule has 168 valence electrons. The number of hydrogen-bond donors (Lipinski definition) is 2. The lowest BCUT2D eigenvalue weighted by molar-refractivity contribution is 0.0695. The zero-order valence-corrected chi connectivity index (χ0v) is 19.1. The van der Waals surface area contributed by atoms with Gasteiger partial charge in [0.15, 0.2) is 0 Å². The summed E-state index contributed by atoms with van der Waals surface area (Å²) in [6.45, 7) is 0.273. The van der Waals surface area contributed by atoms with Crippen molar-refractivity contribution < 1.29 is 19.7 Å². The van der Waals surface area contributed by atoms with Gasteiger partial charge in [-0.2, -0.15) is 0 Å². The lowest BCUT2D eigenvalue weighted by atomic mass is 9.98. The molecule has 3 aromatic carbocycles. The van der Waals surface area contributed by atoms with Crippen molar-refractivity contribution >= 4 is 40.1 Å². The molecule has 0 spiro atoms. The van der Waals surface area contributed by atoms with Gasteiger partial charge < -0.3 is 14.9 Å². The molecule has 1 aromatic heterocycles. The summed E-state index contributed by atoms with van der Waals surface area (Å²) >= 11 is 12.0. The number of ether oxygens (including phenoxy) is 1. The minimum atomic E-state index is -1.04. The van der Waals surface area contributed by atoms with Gasteiger partial charge in [-0.05, 0) is 66.4 Å². The van der Waals surface area contributed by atoms with E-state index in [9.17, 15) is 15.0 Å². The van der Waals surface area contributed by atoms with E-state index in [4.69, 9.17) is 27.9 Å². The summed E-state index contributed by atoms with van der Waals surface area (Å²) in [5.41, 5.74) is 3.03. The van der Waals surface area contributed by atoms with Gasteiger partial charge in [-0.15, -0.1) is 0 Å². The minimum Gasteiger partial charge on any atom is -0.487 e. The summed E-state index contributed by atoms with van der Waals surface area (Å²) < 4.78 is 5.89. The molecule has 1 heterocycles. The Balaban J connectivity index is 1.41. The van der Waals surface area contributed by atoms with Crippen LogP contribution in [-0.2, 0) is 13.0 Å². The Labute approximate surface area is 201 Å². The Kier molecular flexibility index (Phi) is 7.14. The normalized spacial score (nSPS) is 12.0. The quantitative estimate of drug-likeness (QED) is 0.300. The standard InChI is InChI=1S/C26H21Cl2NO4/c27-19-8-4-16(23(13-19)26(31)32)7-11-25(30)18-2-1-3-22(12-18)33-15-21-10-6-17-5-9-20(28)14-24(17)29-21/h1-6,8-10,12-14,25,30H,7,11,15H2,(H,31,32). The average Bonchev–Trinajstić information content (AvgIpc) is 2.81. The van der Waals surface area contributed by atoms with Gasteiger partial charge in [0.05, 0.1) is 22.9 Å². The third kappa shape index (κ3) is 5.82. The van der Waals surface area contributed by atoms with Crippen LogP contribution in [0, 0.1) is 0 Å². The van der Waals surface area contributed by atoms with Gasteiger partial charge in [0, 0.05) is 15.4 Å². The van der Waals surface area contributed by atoms with Crippen LogP contribution in [0.1, 0.15) is 39.7 Å². The number of aliphatic hydroxyl groups excluding tert-OH is 1. The van der Waals surface area contributed by atoms with Crippen molar-refractivity contribution in [3.8, 4) is 5.75 Å². The first-order chi connectivity index (χ1) is 15.9. The maximum absolute atomic E-state index is 11.5. The minimum absolute atomic E-state index is 0.149. The Bertz CT molecular complexity index is 1310. The molecule has 5 nitrogen and oxygen atoms in total. The van der Waals surface area contributed by atoms with Gasteiger partial charge in [-0.3, -0.25) is 0 Å². The van der Waals surface area contributed by atoms with Crippen LogP contribution in [0.2, 0.25) is 10.0 Å². The Morgan fingerprint density at radius 1 is 0.970 bits per heavy atom. The predicted molar refractivity (Wildman–Crippen MR) is 129 cm³/mol. The predicted octanol–water partition coefficient (Wildman–Crippen LogP) is 6.49. The molecule has 0 aliphatic carbocycles. The van der Waals surface area contributed by atoms with E-state index in [2.05, 4.69) is 4.98 Å². The monoisotopic (exact) mass is 481 g/mol. The fourth-order valence-corrected chi connectivity index (χ4v) is 3.94. The zero-order chi connectivity index (χ0) is 23.4. The second-order valence-electron chi connectivity index (χ2n) is 7.66. The van der Waals surface area contributed by atoms with Crippen molar-refractivity contribution in [2.24, 2.45) is 0 Å². The summed E-state index contributed by atoms with van der Waals surface area (Å²) in [5, 5.41) is 22.0. The molecule has 0 amide bonds. The van der Waals surface area contributed by atoms with Crippen molar-refractivity contribution in [3.63, 3.8) is 0 Å². The fourth-order valence-electron chi connectivity index (χ4n) is 3.61. The Morgan fingerprint density at radius 3 is 2.55 bits per heavy atom. The molecular formula is C26H21Cl2NO4. The van der Waals surface area contributed by atoms with E-state index in [0.717, 1.165) is 16.6 Å². The van der Waals surface area contributed by atoms with Crippen LogP contribution < -0.4 is 4.74 Å². The van der Waals surface area contributed by atoms with E-state index in [1.807, 2.05) is 48.5 Å². The molecule has 2 N–H and O–H groups in total. The molecule has 1 unspecified atom stereocenters. The number of aromatic nitrogens is 1. The van der Waals surface area contributed by atoms with E-state index < -0.39 is 12.1 Å². The van der Waals surface area contributed by atoms with Gasteiger partial charge in [-0.1, -0.05) is 53.5 Å². The number of aryl methyl sites for hydroxylation is 1. The van der Waals surface area contributed by atoms with Gasteiger partial charge >= 0.3 is 5.97 Å². The first-order valence-electron chi connectivity index (χ1n) is 10.4. The van der Waals surface area contributed by atoms with Gasteiger partial charge in [0.25, 0.3) is 0 Å². The second kappa shape index (κ2) is 10.2. The topological polar surface area (TPSA) is 79.7 Å². The molecule has 0 radical (unpaired) electrons. The number of rotatable bonds is 8. The average molecular weight is 482 g/mol. The number of carboxylic acids is 1. The largest absolute Gasteiger partial charge is 0.487 e. The molecule has 0 saturated heterocycles. The van der Waals surface area contributed by atoms with Crippen molar-refractivity contribution in [1.82, 2.24) is 4.98 Å². The van der Waals surface area contributed by atoms with E-state index in [1.165, 1.54) is 6.07 Å². The summed E-state index contributed by atoms with van der Waals surface area (Å²) in [4.78, 5) is 16.0. The highest BCUT2D eigenvalue weighted by Crippen LogP contribution is 2.26. The molecule has 4 rings (SSSR count). The molecule has 33 heavy (non-hydrogen) atoms. The van der Waals surface area contributed by atoms with Crippen LogP contribution in [-0.4, -0.2) is 21.2 Å². The lowest BCUT2D eigenvalue weighted by Gasteiger charge is -2.14. The SMILES string of the molecule is O=C(O)c1cc(Cl)ccc1CCC(O)c1cccc(OCc2ccc3ccc(Cl)cc3n2)c1. The zero-order valence-electron chi connectivity index (χ0n) is 17.5. The Hall–Kier alpha value is -3.12. The van der Waals surface area contributed by atoms with Gasteiger partial charge in [0.2, 0.25) is 0 Å². The fraction of sp³-hybridized carbons (Fsp3) is 0.154. The molecule has 0 fully saturated rings. The first kappa shape index (κ1) is 23.1. The number of benzene rings is 3. The number of aliphatic hydroxyl groups is 1. The van der Waals surface area contributed by atoms with Crippen LogP contribution in [0.5, 0.6) is 5.75 Å². The molecular weight excluding hydrogens is 461 g/mol. The molecule has 4 aromatic rings. The molecule has 0 aliphatic heterocycles. The summed E-state index contributed by atoms with van der Waals surface area (Å²) in [6, 6.07) is 21.4. The molecule has 0 bridgehead atoms. The van der Waals surface area contributed by atoms with E-state index in [0.29, 0.717) is 39.8 Å². The lowest BCUT2D eigenvalue weighted by Crippen LogP contribution is -2.06. The molecule has 7 heteroatoms. The number of fused-ring (bicyclic) bond motifs is 1. The van der Waals surface area contributed by atoms with Crippen LogP contribution in [0.3, 0.4) is 0 Å². The third-order valence-electron chi connectivity index (χ3n) is 5.33. The van der Waals surface area contributed by atoms with Crippen LogP contribution in [0.4, 0.5) is 0 Å². The molecule has 0 saturated carbocycles. The van der Waals surface area contributed by atoms with Crippen LogP contribution in [0.25, 0.3) is 10.9 Å². The van der Waals surface area contributed by atoms with E-state index >= 15 is 0 Å². The van der Waals surface area contributed by atoms with Crippen molar-refractivity contribution in [2.45, 2.75) is 25.6 Å². The summed E-state index contributed by atoms with van der Waals surface area (Å²) in [5.74, 6) is -0.431. The number of pyridine rings is 1. The van der Waals surface area contributed by atoms with E-state index in [-0.39, 0.29) is 12.2 Å². The van der Waals surface area contributed by atoms with Gasteiger partial charge in [-0.25, -0.2) is 9.78 Å². The number of carbonyl (C=O) groups is 1. The molecule has 1 atom stereocenters. The smallest absolute Gasteiger partial charge is 0.336 e. The highest BCUT2D eigenvalue weighted by atomic mass is 35.5.